The van der Waals surface area contributed by atoms with Gasteiger partial charge in [-0.1, -0.05) is 17.3 Å². The first-order chi connectivity index (χ1) is 12.2. The Morgan fingerprint density at radius 3 is 3.00 bits per heavy atom. The Morgan fingerprint density at radius 2 is 2.20 bits per heavy atom. The molecule has 4 rings (SSSR count). The van der Waals surface area contributed by atoms with Crippen molar-refractivity contribution in [2.75, 3.05) is 25.1 Å². The minimum atomic E-state index is -0.833. The molecule has 1 aliphatic rings. The third-order valence-electron chi connectivity index (χ3n) is 4.76. The topological polar surface area (TPSA) is 76.3 Å². The molecule has 0 saturated carbocycles. The lowest BCUT2D eigenvalue weighted by Crippen LogP contribution is -2.50. The van der Waals surface area contributed by atoms with Crippen LogP contribution in [0.3, 0.4) is 0 Å². The number of ether oxygens (including phenoxy) is 1. The van der Waals surface area contributed by atoms with Crippen LogP contribution in [0.4, 0.5) is 5.69 Å². The van der Waals surface area contributed by atoms with Crippen LogP contribution in [0.25, 0.3) is 10.9 Å². The summed E-state index contributed by atoms with van der Waals surface area (Å²) in [6.07, 6.45) is 6.87. The Bertz CT molecular complexity index is 867. The summed E-state index contributed by atoms with van der Waals surface area (Å²) in [5.41, 5.74) is 1.08. The van der Waals surface area contributed by atoms with E-state index in [0.29, 0.717) is 13.1 Å². The zero-order valence-corrected chi connectivity index (χ0v) is 14.2. The first-order valence-corrected chi connectivity index (χ1v) is 8.42. The first-order valence-electron chi connectivity index (χ1n) is 8.42. The van der Waals surface area contributed by atoms with Crippen LogP contribution >= 0.6 is 0 Å². The summed E-state index contributed by atoms with van der Waals surface area (Å²) >= 11 is 0. The Labute approximate surface area is 145 Å². The van der Waals surface area contributed by atoms with Gasteiger partial charge >= 0.3 is 0 Å². The normalized spacial score (nSPS) is 20.8. The maximum absolute atomic E-state index is 11.1. The second-order valence-corrected chi connectivity index (χ2v) is 6.54. The van der Waals surface area contributed by atoms with Crippen molar-refractivity contribution in [3.63, 3.8) is 0 Å². The van der Waals surface area contributed by atoms with Crippen molar-refractivity contribution in [1.82, 2.24) is 20.0 Å². The molecule has 0 aliphatic carbocycles. The number of piperidine rings is 1. The van der Waals surface area contributed by atoms with E-state index in [2.05, 4.69) is 20.2 Å². The summed E-state index contributed by atoms with van der Waals surface area (Å²) in [4.78, 5) is 6.69. The highest BCUT2D eigenvalue weighted by Crippen LogP contribution is 2.34. The summed E-state index contributed by atoms with van der Waals surface area (Å²) in [5, 5.41) is 19.9. The molecule has 130 valence electrons. The van der Waals surface area contributed by atoms with Crippen LogP contribution in [-0.4, -0.2) is 50.9 Å². The summed E-state index contributed by atoms with van der Waals surface area (Å²) in [6, 6.07) is 7.93. The molecule has 1 N–H and O–H groups in total. The standard InChI is InChI=1S/C18H21N5O2/c1-25-16-5-2-4-14-15(6-8-19-17(14)16)22-10-3-7-18(24,12-22)13-23-11-9-20-21-23/h2,4-6,8-9,11,24H,3,7,10,12-13H2,1H3. The highest BCUT2D eigenvalue weighted by Gasteiger charge is 2.34. The summed E-state index contributed by atoms with van der Waals surface area (Å²) in [5.74, 6) is 0.759. The minimum absolute atomic E-state index is 0.440. The largest absolute Gasteiger partial charge is 0.494 e. The van der Waals surface area contributed by atoms with Crippen LogP contribution in [0.2, 0.25) is 0 Å². The van der Waals surface area contributed by atoms with E-state index in [1.165, 1.54) is 0 Å². The SMILES string of the molecule is COc1cccc2c(N3CCCC(O)(Cn4ccnn4)C3)ccnc12. The fourth-order valence-electron chi connectivity index (χ4n) is 3.64. The maximum Gasteiger partial charge on any atom is 0.145 e. The van der Waals surface area contributed by atoms with Gasteiger partial charge in [-0.25, -0.2) is 4.68 Å². The molecule has 1 unspecified atom stereocenters. The zero-order chi connectivity index (χ0) is 17.3. The molecule has 2 aromatic heterocycles. The molecule has 25 heavy (non-hydrogen) atoms. The van der Waals surface area contributed by atoms with Crippen molar-refractivity contribution >= 4 is 16.6 Å². The van der Waals surface area contributed by atoms with E-state index in [4.69, 9.17) is 4.74 Å². The van der Waals surface area contributed by atoms with Gasteiger partial charge in [0, 0.05) is 36.6 Å². The van der Waals surface area contributed by atoms with Crippen LogP contribution in [-0.2, 0) is 6.54 Å². The molecule has 7 nitrogen and oxygen atoms in total. The number of hydrogen-bond acceptors (Lipinski definition) is 6. The lowest BCUT2D eigenvalue weighted by Gasteiger charge is -2.40. The Morgan fingerprint density at radius 1 is 1.28 bits per heavy atom. The Balaban J connectivity index is 1.66. The average Bonchev–Trinajstić information content (AvgIpc) is 3.13. The van der Waals surface area contributed by atoms with Crippen LogP contribution in [0, 0.1) is 0 Å². The number of anilines is 1. The van der Waals surface area contributed by atoms with Gasteiger partial charge in [0.2, 0.25) is 0 Å². The monoisotopic (exact) mass is 339 g/mol. The van der Waals surface area contributed by atoms with Crippen LogP contribution < -0.4 is 9.64 Å². The lowest BCUT2D eigenvalue weighted by atomic mass is 9.92. The number of para-hydroxylation sites is 1. The number of β-amino-alcohol motifs (C(OH)–C–C–N with tert-alkyl or cyclic N) is 1. The molecule has 3 aromatic rings. The second kappa shape index (κ2) is 6.33. The third kappa shape index (κ3) is 3.02. The van der Waals surface area contributed by atoms with Gasteiger partial charge in [-0.3, -0.25) is 4.98 Å². The number of benzene rings is 1. The van der Waals surface area contributed by atoms with E-state index in [-0.39, 0.29) is 0 Å². The number of aromatic nitrogens is 4. The average molecular weight is 339 g/mol. The molecule has 1 aromatic carbocycles. The van der Waals surface area contributed by atoms with Gasteiger partial charge in [0.15, 0.2) is 0 Å². The zero-order valence-electron chi connectivity index (χ0n) is 14.2. The molecule has 0 bridgehead atoms. The molecule has 0 radical (unpaired) electrons. The smallest absolute Gasteiger partial charge is 0.145 e. The fourth-order valence-corrected chi connectivity index (χ4v) is 3.64. The number of hydrogen-bond donors (Lipinski definition) is 1. The van der Waals surface area contributed by atoms with E-state index in [1.54, 1.807) is 30.4 Å². The van der Waals surface area contributed by atoms with Crippen molar-refractivity contribution in [2.45, 2.75) is 25.0 Å². The molecule has 1 saturated heterocycles. The maximum atomic E-state index is 11.1. The van der Waals surface area contributed by atoms with Crippen molar-refractivity contribution in [1.29, 1.82) is 0 Å². The van der Waals surface area contributed by atoms with Crippen molar-refractivity contribution in [2.24, 2.45) is 0 Å². The highest BCUT2D eigenvalue weighted by atomic mass is 16.5. The van der Waals surface area contributed by atoms with Gasteiger partial charge in [-0.15, -0.1) is 5.10 Å². The van der Waals surface area contributed by atoms with Gasteiger partial charge in [-0.05, 0) is 25.0 Å². The van der Waals surface area contributed by atoms with Crippen molar-refractivity contribution < 1.29 is 9.84 Å². The van der Waals surface area contributed by atoms with Gasteiger partial charge in [0.25, 0.3) is 0 Å². The minimum Gasteiger partial charge on any atom is -0.494 e. The number of rotatable bonds is 4. The number of aliphatic hydroxyl groups is 1. The number of pyridine rings is 1. The highest BCUT2D eigenvalue weighted by molar-refractivity contribution is 5.95. The van der Waals surface area contributed by atoms with Gasteiger partial charge < -0.3 is 14.7 Å². The fraction of sp³-hybridized carbons (Fsp3) is 0.389. The Kier molecular flexibility index (Phi) is 4.01. The van der Waals surface area contributed by atoms with Crippen molar-refractivity contribution in [3.8, 4) is 5.75 Å². The van der Waals surface area contributed by atoms with Gasteiger partial charge in [0.05, 0.1) is 19.9 Å². The predicted molar refractivity (Wildman–Crippen MR) is 94.7 cm³/mol. The number of fused-ring (bicyclic) bond motifs is 1. The molecule has 0 spiro atoms. The molecule has 1 atom stereocenters. The van der Waals surface area contributed by atoms with Crippen LogP contribution in [0.5, 0.6) is 5.75 Å². The molecular weight excluding hydrogens is 318 g/mol. The van der Waals surface area contributed by atoms with Crippen LogP contribution in [0.15, 0.2) is 42.9 Å². The number of methoxy groups -OCH3 is 1. The van der Waals surface area contributed by atoms with E-state index >= 15 is 0 Å². The summed E-state index contributed by atoms with van der Waals surface area (Å²) < 4.78 is 7.12. The predicted octanol–water partition coefficient (Wildman–Crippen LogP) is 1.87. The summed E-state index contributed by atoms with van der Waals surface area (Å²) in [7, 11) is 1.65. The third-order valence-corrected chi connectivity index (χ3v) is 4.76. The molecular formula is C18H21N5O2. The number of nitrogens with zero attached hydrogens (tertiary/aromatic N) is 5. The molecule has 0 amide bonds. The van der Waals surface area contributed by atoms with E-state index in [9.17, 15) is 5.11 Å². The lowest BCUT2D eigenvalue weighted by molar-refractivity contribution is 0.00610. The quantitative estimate of drug-likeness (QED) is 0.782. The first kappa shape index (κ1) is 15.8. The van der Waals surface area contributed by atoms with Crippen molar-refractivity contribution in [3.05, 3.63) is 42.9 Å². The van der Waals surface area contributed by atoms with Gasteiger partial charge in [0.1, 0.15) is 16.9 Å². The van der Waals surface area contributed by atoms with E-state index in [0.717, 1.165) is 41.7 Å². The summed E-state index contributed by atoms with van der Waals surface area (Å²) in [6.45, 7) is 1.88. The molecule has 1 fully saturated rings. The van der Waals surface area contributed by atoms with E-state index < -0.39 is 5.60 Å². The van der Waals surface area contributed by atoms with Gasteiger partial charge in [-0.2, -0.15) is 0 Å². The molecule has 7 heteroatoms. The van der Waals surface area contributed by atoms with E-state index in [1.807, 2.05) is 24.3 Å². The molecule has 3 heterocycles. The van der Waals surface area contributed by atoms with Crippen LogP contribution in [0.1, 0.15) is 12.8 Å². The molecule has 1 aliphatic heterocycles. The second-order valence-electron chi connectivity index (χ2n) is 6.54. The Hall–Kier alpha value is -2.67.